The van der Waals surface area contributed by atoms with Crippen molar-refractivity contribution in [2.24, 2.45) is 5.92 Å². The van der Waals surface area contributed by atoms with Crippen LogP contribution in [0.5, 0.6) is 0 Å². The number of Topliss-reactive ketones (excluding diaryl/α,β-unsaturated/α-hetero) is 1. The Bertz CT molecular complexity index is 215. The summed E-state index contributed by atoms with van der Waals surface area (Å²) in [5.74, 6) is -0.789. The number of rotatable bonds is 1. The van der Waals surface area contributed by atoms with Crippen molar-refractivity contribution in [3.63, 3.8) is 0 Å². The van der Waals surface area contributed by atoms with Gasteiger partial charge in [0, 0.05) is 6.54 Å². The van der Waals surface area contributed by atoms with Gasteiger partial charge in [-0.1, -0.05) is 6.92 Å². The van der Waals surface area contributed by atoms with Crippen molar-refractivity contribution in [1.29, 1.82) is 5.26 Å². The number of ketones is 1. The first-order valence-electron chi connectivity index (χ1n) is 3.97. The second-order valence-corrected chi connectivity index (χ2v) is 2.63. The van der Waals surface area contributed by atoms with Crippen molar-refractivity contribution in [1.82, 2.24) is 5.06 Å². The molecule has 4 nitrogen and oxygen atoms in total. The summed E-state index contributed by atoms with van der Waals surface area (Å²) in [5, 5.41) is 18.5. The van der Waals surface area contributed by atoms with Gasteiger partial charge in [0.05, 0.1) is 19.3 Å². The molecule has 2 atom stereocenters. The Kier molecular flexibility index (Phi) is 5.19. The molecule has 13 heavy (non-hydrogen) atoms. The van der Waals surface area contributed by atoms with Crippen LogP contribution in [0.1, 0.15) is 13.3 Å². The Morgan fingerprint density at radius 2 is 2.31 bits per heavy atom. The SMILES string of the molecule is CCC1C(=O)C(C#N)CN1O.CF. The lowest BCUT2D eigenvalue weighted by molar-refractivity contribution is -0.134. The molecule has 1 saturated heterocycles. The lowest BCUT2D eigenvalue weighted by Crippen LogP contribution is -2.29. The Morgan fingerprint density at radius 3 is 2.54 bits per heavy atom. The average Bonchev–Trinajstić information content (AvgIpc) is 2.44. The van der Waals surface area contributed by atoms with Crippen LogP contribution in [0.2, 0.25) is 0 Å². The first-order chi connectivity index (χ1) is 6.20. The van der Waals surface area contributed by atoms with E-state index in [0.29, 0.717) is 13.6 Å². The number of nitrogens with zero attached hydrogens (tertiary/aromatic N) is 2. The van der Waals surface area contributed by atoms with Gasteiger partial charge in [-0.15, -0.1) is 0 Å². The maximum Gasteiger partial charge on any atom is 0.170 e. The first-order valence-corrected chi connectivity index (χ1v) is 3.97. The molecule has 0 amide bonds. The molecule has 0 aromatic rings. The zero-order chi connectivity index (χ0) is 10.4. The molecule has 1 fully saturated rings. The summed E-state index contributed by atoms with van der Waals surface area (Å²) >= 11 is 0. The third-order valence-corrected chi connectivity index (χ3v) is 1.94. The van der Waals surface area contributed by atoms with Crippen LogP contribution in [-0.2, 0) is 4.79 Å². The minimum atomic E-state index is -0.634. The quantitative estimate of drug-likeness (QED) is 0.660. The molecular formula is C8H13FN2O2. The van der Waals surface area contributed by atoms with Gasteiger partial charge in [0.25, 0.3) is 0 Å². The average molecular weight is 188 g/mol. The van der Waals surface area contributed by atoms with E-state index < -0.39 is 12.0 Å². The molecule has 0 spiro atoms. The highest BCUT2D eigenvalue weighted by atomic mass is 19.1. The van der Waals surface area contributed by atoms with E-state index in [-0.39, 0.29) is 12.3 Å². The summed E-state index contributed by atoms with van der Waals surface area (Å²) in [6.07, 6.45) is 0.563. The van der Waals surface area contributed by atoms with Crippen LogP contribution in [0.4, 0.5) is 4.39 Å². The highest BCUT2D eigenvalue weighted by Crippen LogP contribution is 2.18. The van der Waals surface area contributed by atoms with Crippen molar-refractivity contribution in [2.45, 2.75) is 19.4 Å². The van der Waals surface area contributed by atoms with Crippen LogP contribution in [0.25, 0.3) is 0 Å². The van der Waals surface area contributed by atoms with Crippen LogP contribution in [-0.4, -0.2) is 35.8 Å². The molecule has 0 saturated carbocycles. The van der Waals surface area contributed by atoms with E-state index in [1.807, 2.05) is 13.0 Å². The summed E-state index contributed by atoms with van der Waals surface area (Å²) < 4.78 is 9.50. The van der Waals surface area contributed by atoms with E-state index >= 15 is 0 Å². The standard InChI is InChI=1S/C7H10N2O2.CH3F/c1-2-6-7(10)5(3-8)4-9(6)11;1-2/h5-6,11H,2,4H2,1H3;1H3. The van der Waals surface area contributed by atoms with Gasteiger partial charge < -0.3 is 5.21 Å². The highest BCUT2D eigenvalue weighted by molar-refractivity contribution is 5.90. The third-order valence-electron chi connectivity index (χ3n) is 1.94. The maximum absolute atomic E-state index is 11.2. The monoisotopic (exact) mass is 188 g/mol. The molecule has 1 heterocycles. The van der Waals surface area contributed by atoms with Crippen molar-refractivity contribution < 1.29 is 14.4 Å². The number of hydrogen-bond donors (Lipinski definition) is 1. The molecule has 1 rings (SSSR count). The van der Waals surface area contributed by atoms with Crippen LogP contribution in [0.15, 0.2) is 0 Å². The van der Waals surface area contributed by atoms with Gasteiger partial charge in [0.1, 0.15) is 5.92 Å². The molecule has 0 radical (unpaired) electrons. The molecule has 0 bridgehead atoms. The molecule has 0 aromatic heterocycles. The predicted molar refractivity (Wildman–Crippen MR) is 43.7 cm³/mol. The Labute approximate surface area is 76.5 Å². The smallest absolute Gasteiger partial charge is 0.170 e. The van der Waals surface area contributed by atoms with Gasteiger partial charge in [-0.25, -0.2) is 0 Å². The fourth-order valence-corrected chi connectivity index (χ4v) is 1.30. The number of nitriles is 1. The molecule has 1 aliphatic heterocycles. The summed E-state index contributed by atoms with van der Waals surface area (Å²) in [5.41, 5.74) is 0. The topological polar surface area (TPSA) is 64.3 Å². The second kappa shape index (κ2) is 5.62. The fraction of sp³-hybridized carbons (Fsp3) is 0.750. The summed E-state index contributed by atoms with van der Waals surface area (Å²) in [6.45, 7) is 1.97. The predicted octanol–water partition coefficient (Wildman–Crippen LogP) is 0.764. The number of hydrogen-bond acceptors (Lipinski definition) is 4. The Hall–Kier alpha value is -0.990. The summed E-state index contributed by atoms with van der Waals surface area (Å²) in [6, 6.07) is 1.40. The Balaban J connectivity index is 0.000000671. The van der Waals surface area contributed by atoms with E-state index in [0.717, 1.165) is 5.06 Å². The van der Waals surface area contributed by atoms with E-state index in [2.05, 4.69) is 0 Å². The summed E-state index contributed by atoms with van der Waals surface area (Å²) in [7, 11) is 0.500. The van der Waals surface area contributed by atoms with Gasteiger partial charge in [0.15, 0.2) is 5.78 Å². The number of alkyl halides is 1. The van der Waals surface area contributed by atoms with Gasteiger partial charge in [0.2, 0.25) is 0 Å². The molecule has 2 unspecified atom stereocenters. The number of carbonyl (C=O) groups is 1. The van der Waals surface area contributed by atoms with Gasteiger partial charge in [-0.3, -0.25) is 9.18 Å². The van der Waals surface area contributed by atoms with Gasteiger partial charge in [-0.05, 0) is 6.42 Å². The van der Waals surface area contributed by atoms with Crippen molar-refractivity contribution >= 4 is 5.78 Å². The van der Waals surface area contributed by atoms with Crippen molar-refractivity contribution in [3.8, 4) is 6.07 Å². The van der Waals surface area contributed by atoms with Crippen LogP contribution in [0, 0.1) is 17.2 Å². The lowest BCUT2D eigenvalue weighted by atomic mass is 10.0. The van der Waals surface area contributed by atoms with E-state index in [1.54, 1.807) is 0 Å². The van der Waals surface area contributed by atoms with Gasteiger partial charge in [-0.2, -0.15) is 10.3 Å². The number of hydroxylamine groups is 2. The molecule has 1 aliphatic rings. The number of carbonyl (C=O) groups excluding carboxylic acids is 1. The van der Waals surface area contributed by atoms with Crippen molar-refractivity contribution in [3.05, 3.63) is 0 Å². The fourth-order valence-electron chi connectivity index (χ4n) is 1.30. The zero-order valence-electron chi connectivity index (χ0n) is 7.70. The molecule has 74 valence electrons. The van der Waals surface area contributed by atoms with Gasteiger partial charge >= 0.3 is 0 Å². The van der Waals surface area contributed by atoms with Crippen LogP contribution in [0.3, 0.4) is 0 Å². The van der Waals surface area contributed by atoms with Crippen LogP contribution < -0.4 is 0 Å². The van der Waals surface area contributed by atoms with E-state index in [1.165, 1.54) is 0 Å². The molecule has 5 heteroatoms. The normalized spacial score (nSPS) is 27.8. The lowest BCUT2D eigenvalue weighted by Gasteiger charge is -2.12. The second-order valence-electron chi connectivity index (χ2n) is 2.63. The summed E-state index contributed by atoms with van der Waals surface area (Å²) in [4.78, 5) is 11.2. The largest absolute Gasteiger partial charge is 0.313 e. The third kappa shape index (κ3) is 2.47. The van der Waals surface area contributed by atoms with Crippen molar-refractivity contribution in [2.75, 3.05) is 13.7 Å². The molecule has 1 N–H and O–H groups in total. The minimum Gasteiger partial charge on any atom is -0.313 e. The number of halogens is 1. The highest BCUT2D eigenvalue weighted by Gasteiger charge is 2.38. The first kappa shape index (κ1) is 12.0. The molecule has 0 aromatic carbocycles. The van der Waals surface area contributed by atoms with E-state index in [9.17, 15) is 9.18 Å². The van der Waals surface area contributed by atoms with E-state index in [4.69, 9.17) is 10.5 Å². The minimum absolute atomic E-state index is 0.155. The van der Waals surface area contributed by atoms with Crippen LogP contribution >= 0.6 is 0 Å². The maximum atomic E-state index is 11.2. The zero-order valence-corrected chi connectivity index (χ0v) is 7.70. The molecule has 0 aliphatic carbocycles. The Morgan fingerprint density at radius 1 is 1.77 bits per heavy atom. The molecular weight excluding hydrogens is 175 g/mol.